The van der Waals surface area contributed by atoms with Gasteiger partial charge in [-0.15, -0.1) is 0 Å². The molecule has 0 saturated carbocycles. The normalized spacial score (nSPS) is 10.8. The second kappa shape index (κ2) is 8.69. The molecular weight excluding hydrogens is 255 g/mol. The summed E-state index contributed by atoms with van der Waals surface area (Å²) in [5.41, 5.74) is 0.834. The SMILES string of the molecule is CCN(Cc1cccc(F)c1)C(=O)CCCNC(C)C. The van der Waals surface area contributed by atoms with Crippen molar-refractivity contribution in [2.45, 2.75) is 46.2 Å². The van der Waals surface area contributed by atoms with Crippen LogP contribution in [0.5, 0.6) is 0 Å². The number of nitrogens with zero attached hydrogens (tertiary/aromatic N) is 1. The van der Waals surface area contributed by atoms with E-state index in [1.54, 1.807) is 11.0 Å². The van der Waals surface area contributed by atoms with Gasteiger partial charge in [0.1, 0.15) is 5.82 Å². The van der Waals surface area contributed by atoms with Gasteiger partial charge in [0.2, 0.25) is 5.91 Å². The lowest BCUT2D eigenvalue weighted by Crippen LogP contribution is -2.31. The first-order valence-electron chi connectivity index (χ1n) is 7.28. The first kappa shape index (κ1) is 16.6. The Kier molecular flexibility index (Phi) is 7.23. The van der Waals surface area contributed by atoms with Crippen LogP contribution in [0.3, 0.4) is 0 Å². The van der Waals surface area contributed by atoms with Crippen molar-refractivity contribution in [3.8, 4) is 0 Å². The maximum absolute atomic E-state index is 13.1. The topological polar surface area (TPSA) is 32.3 Å². The molecule has 1 rings (SSSR count). The summed E-state index contributed by atoms with van der Waals surface area (Å²) < 4.78 is 13.1. The van der Waals surface area contributed by atoms with Gasteiger partial charge in [0.15, 0.2) is 0 Å². The number of benzene rings is 1. The van der Waals surface area contributed by atoms with E-state index in [0.717, 1.165) is 18.5 Å². The zero-order valence-corrected chi connectivity index (χ0v) is 12.7. The van der Waals surface area contributed by atoms with Crippen LogP contribution in [0.25, 0.3) is 0 Å². The van der Waals surface area contributed by atoms with E-state index >= 15 is 0 Å². The molecule has 0 heterocycles. The van der Waals surface area contributed by atoms with E-state index in [0.29, 0.717) is 25.6 Å². The fraction of sp³-hybridized carbons (Fsp3) is 0.562. The molecule has 3 nitrogen and oxygen atoms in total. The number of halogens is 1. The van der Waals surface area contributed by atoms with Crippen molar-refractivity contribution in [1.29, 1.82) is 0 Å². The largest absolute Gasteiger partial charge is 0.339 e. The number of rotatable bonds is 8. The van der Waals surface area contributed by atoms with E-state index in [2.05, 4.69) is 19.2 Å². The molecule has 1 aromatic rings. The maximum atomic E-state index is 13.1. The molecule has 0 bridgehead atoms. The molecule has 0 unspecified atom stereocenters. The van der Waals surface area contributed by atoms with Crippen molar-refractivity contribution < 1.29 is 9.18 Å². The lowest BCUT2D eigenvalue weighted by Gasteiger charge is -2.21. The number of carbonyl (C=O) groups is 1. The Labute approximate surface area is 121 Å². The lowest BCUT2D eigenvalue weighted by molar-refractivity contribution is -0.131. The first-order chi connectivity index (χ1) is 9.52. The van der Waals surface area contributed by atoms with Crippen molar-refractivity contribution in [3.05, 3.63) is 35.6 Å². The van der Waals surface area contributed by atoms with E-state index < -0.39 is 0 Å². The summed E-state index contributed by atoms with van der Waals surface area (Å²) in [4.78, 5) is 13.9. The van der Waals surface area contributed by atoms with Gasteiger partial charge >= 0.3 is 0 Å². The molecule has 0 aliphatic carbocycles. The zero-order valence-electron chi connectivity index (χ0n) is 12.7. The molecule has 1 amide bonds. The molecule has 112 valence electrons. The van der Waals surface area contributed by atoms with E-state index in [1.165, 1.54) is 12.1 Å². The minimum atomic E-state index is -0.257. The standard InChI is InChI=1S/C16H25FN2O/c1-4-19(12-14-7-5-8-15(17)11-14)16(20)9-6-10-18-13(2)3/h5,7-8,11,13,18H,4,6,9-10,12H2,1-3H3. The molecule has 0 aliphatic rings. The summed E-state index contributed by atoms with van der Waals surface area (Å²) in [6, 6.07) is 6.87. The van der Waals surface area contributed by atoms with Crippen LogP contribution < -0.4 is 5.32 Å². The predicted octanol–water partition coefficient (Wildman–Crippen LogP) is 2.95. The molecule has 0 fully saturated rings. The summed E-state index contributed by atoms with van der Waals surface area (Å²) in [6.07, 6.45) is 1.36. The Morgan fingerprint density at radius 2 is 2.15 bits per heavy atom. The fourth-order valence-electron chi connectivity index (χ4n) is 2.02. The minimum Gasteiger partial charge on any atom is -0.339 e. The van der Waals surface area contributed by atoms with Gasteiger partial charge in [0, 0.05) is 25.6 Å². The van der Waals surface area contributed by atoms with Gasteiger partial charge < -0.3 is 10.2 Å². The van der Waals surface area contributed by atoms with Gasteiger partial charge in [-0.25, -0.2) is 4.39 Å². The van der Waals surface area contributed by atoms with Crippen molar-refractivity contribution in [2.75, 3.05) is 13.1 Å². The molecule has 0 aromatic heterocycles. The Morgan fingerprint density at radius 1 is 1.40 bits per heavy atom. The van der Waals surface area contributed by atoms with Gasteiger partial charge in [-0.1, -0.05) is 26.0 Å². The van der Waals surface area contributed by atoms with Crippen molar-refractivity contribution >= 4 is 5.91 Å². The molecule has 20 heavy (non-hydrogen) atoms. The highest BCUT2D eigenvalue weighted by Crippen LogP contribution is 2.09. The Hall–Kier alpha value is -1.42. The molecule has 0 aliphatic heterocycles. The predicted molar refractivity (Wildman–Crippen MR) is 79.9 cm³/mol. The quantitative estimate of drug-likeness (QED) is 0.743. The van der Waals surface area contributed by atoms with Gasteiger partial charge in [-0.05, 0) is 37.6 Å². The third kappa shape index (κ3) is 6.15. The van der Waals surface area contributed by atoms with Crippen molar-refractivity contribution in [2.24, 2.45) is 0 Å². The molecular formula is C16H25FN2O. The monoisotopic (exact) mass is 280 g/mol. The summed E-state index contributed by atoms with van der Waals surface area (Å²) in [5.74, 6) is -0.130. The van der Waals surface area contributed by atoms with Crippen LogP contribution in [0.1, 0.15) is 39.2 Å². The van der Waals surface area contributed by atoms with Crippen LogP contribution >= 0.6 is 0 Å². The van der Waals surface area contributed by atoms with Gasteiger partial charge in [-0.3, -0.25) is 4.79 Å². The Balaban J connectivity index is 2.43. The van der Waals surface area contributed by atoms with Gasteiger partial charge in [0.05, 0.1) is 0 Å². The van der Waals surface area contributed by atoms with Crippen LogP contribution in [-0.4, -0.2) is 29.9 Å². The number of hydrogen-bond acceptors (Lipinski definition) is 2. The van der Waals surface area contributed by atoms with E-state index in [4.69, 9.17) is 0 Å². The van der Waals surface area contributed by atoms with Crippen LogP contribution in [-0.2, 0) is 11.3 Å². The summed E-state index contributed by atoms with van der Waals surface area (Å²) in [6.45, 7) is 8.09. The summed E-state index contributed by atoms with van der Waals surface area (Å²) in [7, 11) is 0. The van der Waals surface area contributed by atoms with Crippen molar-refractivity contribution in [1.82, 2.24) is 10.2 Å². The average Bonchev–Trinajstić information content (AvgIpc) is 2.40. The molecule has 4 heteroatoms. The van der Waals surface area contributed by atoms with Gasteiger partial charge in [0.25, 0.3) is 0 Å². The second-order valence-corrected chi connectivity index (χ2v) is 5.25. The van der Waals surface area contributed by atoms with E-state index in [1.807, 2.05) is 13.0 Å². The molecule has 1 N–H and O–H groups in total. The highest BCUT2D eigenvalue weighted by molar-refractivity contribution is 5.76. The Bertz CT molecular complexity index is 421. The maximum Gasteiger partial charge on any atom is 0.222 e. The molecule has 0 spiro atoms. The zero-order chi connectivity index (χ0) is 15.0. The molecule has 0 atom stereocenters. The first-order valence-corrected chi connectivity index (χ1v) is 7.28. The molecule has 0 radical (unpaired) electrons. The number of hydrogen-bond donors (Lipinski definition) is 1. The van der Waals surface area contributed by atoms with E-state index in [-0.39, 0.29) is 11.7 Å². The van der Waals surface area contributed by atoms with Crippen LogP contribution in [0, 0.1) is 5.82 Å². The lowest BCUT2D eigenvalue weighted by atomic mass is 10.2. The van der Waals surface area contributed by atoms with Crippen molar-refractivity contribution in [3.63, 3.8) is 0 Å². The van der Waals surface area contributed by atoms with Gasteiger partial charge in [-0.2, -0.15) is 0 Å². The third-order valence-electron chi connectivity index (χ3n) is 3.12. The summed E-state index contributed by atoms with van der Waals surface area (Å²) in [5, 5.41) is 3.29. The van der Waals surface area contributed by atoms with E-state index in [9.17, 15) is 9.18 Å². The number of carbonyl (C=O) groups excluding carboxylic acids is 1. The second-order valence-electron chi connectivity index (χ2n) is 5.25. The van der Waals surface area contributed by atoms with Crippen LogP contribution in [0.4, 0.5) is 4.39 Å². The van der Waals surface area contributed by atoms with Crippen LogP contribution in [0.15, 0.2) is 24.3 Å². The summed E-state index contributed by atoms with van der Waals surface area (Å²) >= 11 is 0. The fourth-order valence-corrected chi connectivity index (χ4v) is 2.02. The number of nitrogens with one attached hydrogen (secondary N) is 1. The number of amides is 1. The third-order valence-corrected chi connectivity index (χ3v) is 3.12. The molecule has 1 aromatic carbocycles. The minimum absolute atomic E-state index is 0.127. The highest BCUT2D eigenvalue weighted by atomic mass is 19.1. The van der Waals surface area contributed by atoms with Crippen LogP contribution in [0.2, 0.25) is 0 Å². The molecule has 0 saturated heterocycles. The Morgan fingerprint density at radius 3 is 2.75 bits per heavy atom. The smallest absolute Gasteiger partial charge is 0.222 e. The average molecular weight is 280 g/mol. The highest BCUT2D eigenvalue weighted by Gasteiger charge is 2.12.